The van der Waals surface area contributed by atoms with E-state index in [2.05, 4.69) is 33.9 Å². The van der Waals surface area contributed by atoms with Crippen molar-refractivity contribution in [2.24, 2.45) is 17.8 Å². The highest BCUT2D eigenvalue weighted by Crippen LogP contribution is 2.56. The minimum absolute atomic E-state index is 0.633. The van der Waals surface area contributed by atoms with Gasteiger partial charge in [0.05, 0.1) is 0 Å². The van der Waals surface area contributed by atoms with Crippen molar-refractivity contribution in [1.29, 1.82) is 0 Å². The van der Waals surface area contributed by atoms with Crippen LogP contribution in [0, 0.1) is 24.7 Å². The van der Waals surface area contributed by atoms with Crippen LogP contribution in [0.15, 0.2) is 18.3 Å². The Morgan fingerprint density at radius 1 is 1.38 bits per heavy atom. The molecule has 0 amide bonds. The molecule has 0 bridgehead atoms. The standard InChI is InChI=1S/C14H18BrN/c1-9-3-2-4-16-14(9)8-13(15)12-6-10-5-11(10)7-12/h2-4,10-13H,5-8H2,1H3. The van der Waals surface area contributed by atoms with Gasteiger partial charge >= 0.3 is 0 Å². The minimum atomic E-state index is 0.633. The van der Waals surface area contributed by atoms with Crippen molar-refractivity contribution in [2.45, 2.75) is 37.4 Å². The predicted molar refractivity (Wildman–Crippen MR) is 69.7 cm³/mol. The number of alkyl halides is 1. The van der Waals surface area contributed by atoms with E-state index in [0.717, 1.165) is 24.2 Å². The third-order valence-electron chi connectivity index (χ3n) is 4.30. The van der Waals surface area contributed by atoms with Crippen LogP contribution in [0.1, 0.15) is 30.5 Å². The highest BCUT2D eigenvalue weighted by atomic mass is 79.9. The second-order valence-electron chi connectivity index (χ2n) is 5.47. The highest BCUT2D eigenvalue weighted by molar-refractivity contribution is 9.09. The van der Waals surface area contributed by atoms with Crippen molar-refractivity contribution >= 4 is 15.9 Å². The first kappa shape index (κ1) is 10.8. The maximum Gasteiger partial charge on any atom is 0.0443 e. The number of aromatic nitrogens is 1. The Morgan fingerprint density at radius 2 is 2.12 bits per heavy atom. The van der Waals surface area contributed by atoms with E-state index in [9.17, 15) is 0 Å². The van der Waals surface area contributed by atoms with Gasteiger partial charge in [0.2, 0.25) is 0 Å². The minimum Gasteiger partial charge on any atom is -0.261 e. The van der Waals surface area contributed by atoms with Gasteiger partial charge in [-0.3, -0.25) is 4.98 Å². The number of rotatable bonds is 3. The molecule has 0 N–H and O–H groups in total. The number of hydrogen-bond donors (Lipinski definition) is 0. The Labute approximate surface area is 106 Å². The predicted octanol–water partition coefficient (Wildman–Crippen LogP) is 3.74. The SMILES string of the molecule is Cc1cccnc1CC(Br)C1CC2CC2C1. The molecule has 86 valence electrons. The normalized spacial score (nSPS) is 33.5. The molecule has 0 spiro atoms. The summed E-state index contributed by atoms with van der Waals surface area (Å²) in [6.07, 6.45) is 7.42. The van der Waals surface area contributed by atoms with Crippen LogP contribution >= 0.6 is 15.9 Å². The highest BCUT2D eigenvalue weighted by Gasteiger charge is 2.47. The van der Waals surface area contributed by atoms with E-state index in [1.54, 1.807) is 0 Å². The summed E-state index contributed by atoms with van der Waals surface area (Å²) in [5.74, 6) is 3.05. The molecule has 2 fully saturated rings. The van der Waals surface area contributed by atoms with Crippen molar-refractivity contribution in [3.63, 3.8) is 0 Å². The number of pyridine rings is 1. The molecule has 3 unspecified atom stereocenters. The van der Waals surface area contributed by atoms with E-state index in [-0.39, 0.29) is 0 Å². The van der Waals surface area contributed by atoms with Crippen LogP contribution in [0.3, 0.4) is 0 Å². The molecule has 3 atom stereocenters. The maximum atomic E-state index is 4.49. The third kappa shape index (κ3) is 2.04. The molecule has 0 radical (unpaired) electrons. The first-order valence-electron chi connectivity index (χ1n) is 6.28. The molecule has 2 saturated carbocycles. The molecular weight excluding hydrogens is 262 g/mol. The van der Waals surface area contributed by atoms with E-state index in [4.69, 9.17) is 0 Å². The van der Waals surface area contributed by atoms with Crippen molar-refractivity contribution in [3.8, 4) is 0 Å². The number of aryl methyl sites for hydroxylation is 1. The second-order valence-corrected chi connectivity index (χ2v) is 6.65. The van der Waals surface area contributed by atoms with E-state index in [1.807, 2.05) is 12.3 Å². The first-order chi connectivity index (χ1) is 7.74. The summed E-state index contributed by atoms with van der Waals surface area (Å²) in [6, 6.07) is 4.18. The fourth-order valence-corrected chi connectivity index (χ4v) is 3.88. The van der Waals surface area contributed by atoms with Crippen LogP contribution < -0.4 is 0 Å². The molecule has 0 saturated heterocycles. The largest absolute Gasteiger partial charge is 0.261 e. The summed E-state index contributed by atoms with van der Waals surface area (Å²) in [7, 11) is 0. The lowest BCUT2D eigenvalue weighted by Gasteiger charge is -2.19. The van der Waals surface area contributed by atoms with Gasteiger partial charge in [0.1, 0.15) is 0 Å². The average Bonchev–Trinajstić information content (AvgIpc) is 2.89. The van der Waals surface area contributed by atoms with Gasteiger partial charge in [-0.2, -0.15) is 0 Å². The van der Waals surface area contributed by atoms with Crippen molar-refractivity contribution < 1.29 is 0 Å². The van der Waals surface area contributed by atoms with Gasteiger partial charge in [0.25, 0.3) is 0 Å². The summed E-state index contributed by atoms with van der Waals surface area (Å²) in [5.41, 5.74) is 2.60. The molecule has 0 aliphatic heterocycles. The molecule has 3 rings (SSSR count). The summed E-state index contributed by atoms with van der Waals surface area (Å²) in [4.78, 5) is 5.12. The molecule has 1 aromatic rings. The lowest BCUT2D eigenvalue weighted by molar-refractivity contribution is 0.468. The van der Waals surface area contributed by atoms with E-state index >= 15 is 0 Å². The topological polar surface area (TPSA) is 12.9 Å². The molecule has 0 aromatic carbocycles. The number of nitrogens with zero attached hydrogens (tertiary/aromatic N) is 1. The van der Waals surface area contributed by atoms with Crippen molar-refractivity contribution in [3.05, 3.63) is 29.6 Å². The van der Waals surface area contributed by atoms with Crippen molar-refractivity contribution in [2.75, 3.05) is 0 Å². The summed E-state index contributed by atoms with van der Waals surface area (Å²) in [6.45, 7) is 2.16. The van der Waals surface area contributed by atoms with Gasteiger partial charge in [-0.25, -0.2) is 0 Å². The number of halogens is 1. The molecule has 2 aliphatic rings. The average molecular weight is 280 g/mol. The van der Waals surface area contributed by atoms with Crippen LogP contribution in [-0.4, -0.2) is 9.81 Å². The first-order valence-corrected chi connectivity index (χ1v) is 7.20. The molecule has 2 aliphatic carbocycles. The monoisotopic (exact) mass is 279 g/mol. The second kappa shape index (κ2) is 4.14. The smallest absolute Gasteiger partial charge is 0.0443 e. The molecular formula is C14H18BrN. The zero-order valence-corrected chi connectivity index (χ0v) is 11.3. The van der Waals surface area contributed by atoms with Crippen LogP contribution in [0.5, 0.6) is 0 Å². The van der Waals surface area contributed by atoms with Gasteiger partial charge in [0, 0.05) is 23.1 Å². The summed E-state index contributed by atoms with van der Waals surface area (Å²) in [5, 5.41) is 0. The Balaban J connectivity index is 1.64. The summed E-state index contributed by atoms with van der Waals surface area (Å²) < 4.78 is 0. The molecule has 16 heavy (non-hydrogen) atoms. The third-order valence-corrected chi connectivity index (χ3v) is 5.37. The van der Waals surface area contributed by atoms with Crippen LogP contribution in [0.25, 0.3) is 0 Å². The summed E-state index contributed by atoms with van der Waals surface area (Å²) >= 11 is 3.88. The van der Waals surface area contributed by atoms with E-state index < -0.39 is 0 Å². The Hall–Kier alpha value is -0.370. The zero-order valence-electron chi connectivity index (χ0n) is 9.70. The fourth-order valence-electron chi connectivity index (χ4n) is 3.14. The Morgan fingerprint density at radius 3 is 2.81 bits per heavy atom. The van der Waals surface area contributed by atoms with Gasteiger partial charge in [-0.15, -0.1) is 0 Å². The van der Waals surface area contributed by atoms with Crippen molar-refractivity contribution in [1.82, 2.24) is 4.98 Å². The van der Waals surface area contributed by atoms with Gasteiger partial charge in [-0.05, 0) is 55.6 Å². The lowest BCUT2D eigenvalue weighted by atomic mass is 9.95. The number of fused-ring (bicyclic) bond motifs is 1. The fraction of sp³-hybridized carbons (Fsp3) is 0.643. The molecule has 1 heterocycles. The van der Waals surface area contributed by atoms with Gasteiger partial charge in [-0.1, -0.05) is 22.0 Å². The Bertz CT molecular complexity index is 380. The van der Waals surface area contributed by atoms with Crippen LogP contribution in [0.4, 0.5) is 0 Å². The van der Waals surface area contributed by atoms with Crippen LogP contribution in [-0.2, 0) is 6.42 Å². The molecule has 1 aromatic heterocycles. The van der Waals surface area contributed by atoms with E-state index in [1.165, 1.54) is 30.5 Å². The maximum absolute atomic E-state index is 4.49. The quantitative estimate of drug-likeness (QED) is 0.769. The molecule has 2 heteroatoms. The molecule has 1 nitrogen and oxygen atoms in total. The lowest BCUT2D eigenvalue weighted by Crippen LogP contribution is -2.16. The Kier molecular flexibility index (Phi) is 2.78. The van der Waals surface area contributed by atoms with Crippen LogP contribution in [0.2, 0.25) is 0 Å². The van der Waals surface area contributed by atoms with Gasteiger partial charge in [0.15, 0.2) is 0 Å². The number of hydrogen-bond acceptors (Lipinski definition) is 1. The zero-order chi connectivity index (χ0) is 11.1. The van der Waals surface area contributed by atoms with Gasteiger partial charge < -0.3 is 0 Å². The van der Waals surface area contributed by atoms with E-state index in [0.29, 0.717) is 4.83 Å².